The zero-order chi connectivity index (χ0) is 28.9. The Hall–Kier alpha value is -2.61. The van der Waals surface area contributed by atoms with E-state index in [1.165, 1.54) is 0 Å². The number of hydrogen-bond donors (Lipinski definition) is 2. The van der Waals surface area contributed by atoms with Crippen LogP contribution in [-0.4, -0.2) is 48.1 Å². The Morgan fingerprint density at radius 2 is 1.85 bits per heavy atom. The fourth-order valence-electron chi connectivity index (χ4n) is 6.94. The van der Waals surface area contributed by atoms with Crippen LogP contribution < -0.4 is 5.32 Å². The van der Waals surface area contributed by atoms with Crippen LogP contribution in [0.2, 0.25) is 0 Å². The maximum atomic E-state index is 13.3. The lowest BCUT2D eigenvalue weighted by atomic mass is 9.58. The number of ether oxygens (including phenoxy) is 3. The van der Waals surface area contributed by atoms with Crippen molar-refractivity contribution in [1.29, 1.82) is 0 Å². The van der Waals surface area contributed by atoms with Crippen LogP contribution in [0.3, 0.4) is 0 Å². The summed E-state index contributed by atoms with van der Waals surface area (Å²) in [4.78, 5) is 37.6. The topological polar surface area (TPSA) is 111 Å². The van der Waals surface area contributed by atoms with Gasteiger partial charge in [-0.25, -0.2) is 4.79 Å². The molecule has 222 valence electrons. The van der Waals surface area contributed by atoms with Gasteiger partial charge in [-0.15, -0.1) is 0 Å². The van der Waals surface area contributed by atoms with Gasteiger partial charge in [-0.1, -0.05) is 38.5 Å². The van der Waals surface area contributed by atoms with Crippen LogP contribution in [-0.2, 0) is 23.8 Å². The molecule has 0 bridgehead atoms. The molecule has 1 heterocycles. The number of nitrogens with one attached hydrogen (secondary N) is 1. The maximum Gasteiger partial charge on any atom is 0.411 e. The van der Waals surface area contributed by atoms with E-state index in [2.05, 4.69) is 12.2 Å². The van der Waals surface area contributed by atoms with Crippen molar-refractivity contribution in [3.8, 4) is 0 Å². The van der Waals surface area contributed by atoms with E-state index in [1.54, 1.807) is 0 Å². The predicted octanol–water partition coefficient (Wildman–Crippen LogP) is 6.12. The molecule has 1 aromatic rings. The molecule has 0 radical (unpaired) electrons. The lowest BCUT2D eigenvalue weighted by Crippen LogP contribution is -2.49. The lowest BCUT2D eigenvalue weighted by molar-refractivity contribution is -0.175. The lowest BCUT2D eigenvalue weighted by Gasteiger charge is -2.50. The molecule has 1 amide bonds. The molecule has 0 aromatic heterocycles. The van der Waals surface area contributed by atoms with E-state index < -0.39 is 17.6 Å². The number of carbonyl (C=O) groups excluding carboxylic acids is 3. The van der Waals surface area contributed by atoms with Gasteiger partial charge >= 0.3 is 18.0 Å². The number of esters is 2. The van der Waals surface area contributed by atoms with Crippen LogP contribution in [0.1, 0.15) is 85.5 Å². The van der Waals surface area contributed by atoms with Crippen molar-refractivity contribution in [3.63, 3.8) is 0 Å². The number of amides is 1. The molecule has 8 atom stereocenters. The third-order valence-electron chi connectivity index (χ3n) is 9.62. The summed E-state index contributed by atoms with van der Waals surface area (Å²) in [6.45, 7) is 8.41. The molecule has 4 rings (SSSR count). The Bertz CT molecular complexity index is 1010. The molecule has 3 fully saturated rings. The molecular weight excluding hydrogens is 510 g/mol. The monoisotopic (exact) mass is 557 g/mol. The summed E-state index contributed by atoms with van der Waals surface area (Å²) in [6, 6.07) is 9.23. The molecule has 8 nitrogen and oxygen atoms in total. The number of aliphatic hydroxyl groups excluding tert-OH is 1. The zero-order valence-electron chi connectivity index (χ0n) is 24.5. The number of anilines is 1. The fourth-order valence-corrected chi connectivity index (χ4v) is 6.94. The highest BCUT2D eigenvalue weighted by Gasteiger charge is 2.48. The average molecular weight is 558 g/mol. The van der Waals surface area contributed by atoms with Crippen LogP contribution in [0.15, 0.2) is 30.3 Å². The highest BCUT2D eigenvalue weighted by molar-refractivity contribution is 5.84. The smallest absolute Gasteiger partial charge is 0.411 e. The third kappa shape index (κ3) is 7.77. The molecule has 40 heavy (non-hydrogen) atoms. The summed E-state index contributed by atoms with van der Waals surface area (Å²) in [5.41, 5.74) is 0.113. The molecule has 1 aliphatic heterocycles. The van der Waals surface area contributed by atoms with E-state index in [-0.39, 0.29) is 49.0 Å². The quantitative estimate of drug-likeness (QED) is 0.278. The molecule has 2 aliphatic carbocycles. The van der Waals surface area contributed by atoms with Crippen molar-refractivity contribution in [2.24, 2.45) is 35.0 Å². The molecule has 8 heteroatoms. The molecule has 0 unspecified atom stereocenters. The van der Waals surface area contributed by atoms with Gasteiger partial charge in [-0.3, -0.25) is 14.9 Å². The second-order valence-electron chi connectivity index (χ2n) is 12.9. The van der Waals surface area contributed by atoms with Crippen LogP contribution in [0, 0.1) is 35.0 Å². The summed E-state index contributed by atoms with van der Waals surface area (Å²) in [5, 5.41) is 12.8. The normalized spacial score (nSPS) is 32.4. The highest BCUT2D eigenvalue weighted by Crippen LogP contribution is 2.51. The zero-order valence-corrected chi connectivity index (χ0v) is 24.5. The summed E-state index contributed by atoms with van der Waals surface area (Å²) in [5.74, 6) is 0.945. The first-order chi connectivity index (χ1) is 19.1. The number of para-hydroxylation sites is 1. The van der Waals surface area contributed by atoms with Gasteiger partial charge in [-0.2, -0.15) is 0 Å². The van der Waals surface area contributed by atoms with Gasteiger partial charge in [0.1, 0.15) is 12.2 Å². The standard InChI is InChI=1S/C32H47NO7/c1-5-32(3,4)30(36)40-27-16-21(19-38-31(37)33-23-9-7-6-8-10-23)15-22-12-11-20(2)26(29(22)27)14-13-25-17-24(34)18-28(35)39-25/h6-10,20-22,24-27,29,34H,5,11-19H2,1-4H3,(H,33,37)/t20-,21-,22-,24+,25+,26-,27-,29-/m0/s1. The van der Waals surface area contributed by atoms with Gasteiger partial charge < -0.3 is 19.3 Å². The average Bonchev–Trinajstić information content (AvgIpc) is 2.91. The van der Waals surface area contributed by atoms with Gasteiger partial charge in [0.2, 0.25) is 0 Å². The van der Waals surface area contributed by atoms with E-state index in [1.807, 2.05) is 51.1 Å². The number of benzene rings is 1. The Kier molecular flexibility index (Phi) is 10.1. The molecule has 1 aromatic carbocycles. The number of aliphatic hydroxyl groups is 1. The number of fused-ring (bicyclic) bond motifs is 1. The van der Waals surface area contributed by atoms with Crippen LogP contribution in [0.4, 0.5) is 10.5 Å². The van der Waals surface area contributed by atoms with E-state index in [0.717, 1.165) is 25.7 Å². The van der Waals surface area contributed by atoms with Gasteiger partial charge in [-0.05, 0) is 88.2 Å². The van der Waals surface area contributed by atoms with Crippen molar-refractivity contribution in [2.45, 2.75) is 104 Å². The second-order valence-corrected chi connectivity index (χ2v) is 12.9. The largest absolute Gasteiger partial charge is 0.462 e. The Morgan fingerprint density at radius 1 is 1.10 bits per heavy atom. The minimum Gasteiger partial charge on any atom is -0.462 e. The first-order valence-corrected chi connectivity index (χ1v) is 15.1. The maximum absolute atomic E-state index is 13.3. The molecule has 2 saturated carbocycles. The molecule has 0 spiro atoms. The summed E-state index contributed by atoms with van der Waals surface area (Å²) in [7, 11) is 0. The number of hydrogen-bond acceptors (Lipinski definition) is 7. The fraction of sp³-hybridized carbons (Fsp3) is 0.719. The molecule has 1 saturated heterocycles. The molecule has 3 aliphatic rings. The van der Waals surface area contributed by atoms with E-state index >= 15 is 0 Å². The van der Waals surface area contributed by atoms with Crippen LogP contribution in [0.5, 0.6) is 0 Å². The highest BCUT2D eigenvalue weighted by atomic mass is 16.6. The molecular formula is C32H47NO7. The van der Waals surface area contributed by atoms with E-state index in [4.69, 9.17) is 14.2 Å². The summed E-state index contributed by atoms with van der Waals surface area (Å²) >= 11 is 0. The van der Waals surface area contributed by atoms with Gasteiger partial charge in [0, 0.05) is 18.0 Å². The second kappa shape index (κ2) is 13.4. The minimum atomic E-state index is -0.637. The number of cyclic esters (lactones) is 1. The summed E-state index contributed by atoms with van der Waals surface area (Å²) < 4.78 is 17.5. The van der Waals surface area contributed by atoms with Gasteiger partial charge in [0.05, 0.1) is 24.5 Å². The Labute approximate surface area is 238 Å². The van der Waals surface area contributed by atoms with Gasteiger partial charge in [0.15, 0.2) is 0 Å². The first-order valence-electron chi connectivity index (χ1n) is 15.1. The van der Waals surface area contributed by atoms with Crippen molar-refractivity contribution in [1.82, 2.24) is 0 Å². The van der Waals surface area contributed by atoms with E-state index in [9.17, 15) is 19.5 Å². The SMILES string of the molecule is CCC(C)(C)C(=O)O[C@H]1C[C@@H](COC(=O)Nc2ccccc2)C[C@@H]2CC[C@H](C)[C@H](CC[C@@H]3C[C@@H](O)CC(=O)O3)[C@H]21. The summed E-state index contributed by atoms with van der Waals surface area (Å²) in [6.07, 6.45) is 4.89. The first kappa shape index (κ1) is 30.4. The van der Waals surface area contributed by atoms with Gasteiger partial charge in [0.25, 0.3) is 0 Å². The van der Waals surface area contributed by atoms with Crippen molar-refractivity contribution in [2.75, 3.05) is 11.9 Å². The molecule has 2 N–H and O–H groups in total. The van der Waals surface area contributed by atoms with E-state index in [0.29, 0.717) is 49.1 Å². The Morgan fingerprint density at radius 3 is 2.55 bits per heavy atom. The predicted molar refractivity (Wildman–Crippen MR) is 151 cm³/mol. The number of carbonyl (C=O) groups is 3. The van der Waals surface area contributed by atoms with Crippen LogP contribution >= 0.6 is 0 Å². The van der Waals surface area contributed by atoms with Crippen molar-refractivity contribution < 1.29 is 33.7 Å². The van der Waals surface area contributed by atoms with Crippen molar-refractivity contribution in [3.05, 3.63) is 30.3 Å². The number of rotatable bonds is 9. The minimum absolute atomic E-state index is 0.0686. The van der Waals surface area contributed by atoms with Crippen LogP contribution in [0.25, 0.3) is 0 Å². The van der Waals surface area contributed by atoms with Crippen molar-refractivity contribution >= 4 is 23.7 Å². The Balaban J connectivity index is 1.45. The third-order valence-corrected chi connectivity index (χ3v) is 9.62.